The van der Waals surface area contributed by atoms with E-state index in [0.29, 0.717) is 16.4 Å². The van der Waals surface area contributed by atoms with Crippen molar-refractivity contribution in [1.82, 2.24) is 4.98 Å². The fourth-order valence-electron chi connectivity index (χ4n) is 1.65. The number of benzene rings is 1. The Morgan fingerprint density at radius 1 is 1.18 bits per heavy atom. The second-order valence-corrected chi connectivity index (χ2v) is 4.67. The predicted molar refractivity (Wildman–Crippen MR) is 74.7 cm³/mol. The maximum atomic E-state index is 12.0. The molecule has 0 aliphatic carbocycles. The normalized spacial score (nSPS) is 11.1. The van der Waals surface area contributed by atoms with Crippen molar-refractivity contribution in [2.24, 2.45) is 0 Å². The minimum atomic E-state index is -4.74. The van der Waals surface area contributed by atoms with Crippen LogP contribution in [0.4, 0.5) is 18.9 Å². The van der Waals surface area contributed by atoms with E-state index in [1.165, 1.54) is 24.4 Å². The van der Waals surface area contributed by atoms with Crippen LogP contribution in [0.25, 0.3) is 0 Å². The molecule has 0 aliphatic heterocycles. The molecule has 22 heavy (non-hydrogen) atoms. The molecule has 116 valence electrons. The molecule has 2 rings (SSSR count). The smallest absolute Gasteiger partial charge is 0.406 e. The number of nitrogens with one attached hydrogen (secondary N) is 1. The maximum Gasteiger partial charge on any atom is 0.573 e. The van der Waals surface area contributed by atoms with Crippen molar-refractivity contribution in [2.45, 2.75) is 12.8 Å². The highest BCUT2D eigenvalue weighted by molar-refractivity contribution is 6.29. The van der Waals surface area contributed by atoms with Gasteiger partial charge in [0.25, 0.3) is 0 Å². The number of carbonyl (C=O) groups excluding carboxylic acids is 1. The molecule has 1 aromatic heterocycles. The van der Waals surface area contributed by atoms with Crippen LogP contribution in [0.2, 0.25) is 5.15 Å². The predicted octanol–water partition coefficient (Wildman–Crippen LogP) is 3.81. The summed E-state index contributed by atoms with van der Waals surface area (Å²) < 4.78 is 39.8. The van der Waals surface area contributed by atoms with E-state index in [0.717, 1.165) is 12.1 Å². The summed E-state index contributed by atoms with van der Waals surface area (Å²) in [5, 5.41) is 2.90. The second kappa shape index (κ2) is 6.65. The first kappa shape index (κ1) is 16.1. The maximum absolute atomic E-state index is 12.0. The van der Waals surface area contributed by atoms with Crippen molar-refractivity contribution < 1.29 is 22.7 Å². The van der Waals surface area contributed by atoms with Crippen LogP contribution in [0.15, 0.2) is 42.6 Å². The van der Waals surface area contributed by atoms with Gasteiger partial charge in [-0.1, -0.05) is 23.7 Å². The molecule has 1 heterocycles. The molecule has 1 amide bonds. The highest BCUT2D eigenvalue weighted by atomic mass is 35.5. The summed E-state index contributed by atoms with van der Waals surface area (Å²) in [5.41, 5.74) is 1.03. The molecule has 0 bridgehead atoms. The number of nitrogens with zero attached hydrogens (tertiary/aromatic N) is 1. The highest BCUT2D eigenvalue weighted by Crippen LogP contribution is 2.22. The van der Waals surface area contributed by atoms with Crippen LogP contribution in [-0.2, 0) is 11.2 Å². The molecule has 4 nitrogen and oxygen atoms in total. The average Bonchev–Trinajstić information content (AvgIpc) is 2.42. The van der Waals surface area contributed by atoms with Crippen LogP contribution in [0, 0.1) is 0 Å². The minimum Gasteiger partial charge on any atom is -0.406 e. The number of rotatable bonds is 4. The lowest BCUT2D eigenvalue weighted by molar-refractivity contribution is -0.274. The van der Waals surface area contributed by atoms with E-state index in [2.05, 4.69) is 15.0 Å². The molecule has 0 fully saturated rings. The summed E-state index contributed by atoms with van der Waals surface area (Å²) in [6.45, 7) is 0. The first-order valence-corrected chi connectivity index (χ1v) is 6.46. The number of alkyl halides is 3. The van der Waals surface area contributed by atoms with Crippen LogP contribution in [-0.4, -0.2) is 17.3 Å². The van der Waals surface area contributed by atoms with E-state index < -0.39 is 6.36 Å². The van der Waals surface area contributed by atoms with Gasteiger partial charge >= 0.3 is 6.36 Å². The fraction of sp³-hybridized carbons (Fsp3) is 0.143. The molecule has 1 aromatic carbocycles. The largest absolute Gasteiger partial charge is 0.573 e. The molecule has 0 spiro atoms. The van der Waals surface area contributed by atoms with E-state index >= 15 is 0 Å². The standard InChI is InChI=1S/C14H10ClF3N2O2/c15-12-6-3-10(8-19-12)20-13(21)7-9-1-4-11(5-2-9)22-14(16,17)18/h1-6,8H,7H2,(H,20,21). The van der Waals surface area contributed by atoms with Gasteiger partial charge in [-0.25, -0.2) is 4.98 Å². The molecule has 1 N–H and O–H groups in total. The average molecular weight is 331 g/mol. The third kappa shape index (κ3) is 5.25. The molecule has 2 aromatic rings. The van der Waals surface area contributed by atoms with E-state index in [1.807, 2.05) is 0 Å². The molecular formula is C14H10ClF3N2O2. The van der Waals surface area contributed by atoms with Crippen LogP contribution < -0.4 is 10.1 Å². The number of amides is 1. The van der Waals surface area contributed by atoms with Gasteiger partial charge in [-0.3, -0.25) is 4.79 Å². The van der Waals surface area contributed by atoms with E-state index in [-0.39, 0.29) is 18.1 Å². The Bertz CT molecular complexity index is 643. The number of aromatic nitrogens is 1. The summed E-state index contributed by atoms with van der Waals surface area (Å²) in [4.78, 5) is 15.6. The first-order valence-electron chi connectivity index (χ1n) is 6.08. The Morgan fingerprint density at radius 3 is 2.41 bits per heavy atom. The van der Waals surface area contributed by atoms with Crippen molar-refractivity contribution >= 4 is 23.2 Å². The monoisotopic (exact) mass is 330 g/mol. The molecule has 0 saturated heterocycles. The second-order valence-electron chi connectivity index (χ2n) is 4.29. The van der Waals surface area contributed by atoms with Gasteiger partial charge in [0.05, 0.1) is 18.3 Å². The zero-order valence-electron chi connectivity index (χ0n) is 11.0. The zero-order valence-corrected chi connectivity index (χ0v) is 11.8. The Hall–Kier alpha value is -2.28. The lowest BCUT2D eigenvalue weighted by Gasteiger charge is -2.09. The van der Waals surface area contributed by atoms with E-state index in [4.69, 9.17) is 11.6 Å². The van der Waals surface area contributed by atoms with Crippen molar-refractivity contribution in [3.8, 4) is 5.75 Å². The number of halogens is 4. The highest BCUT2D eigenvalue weighted by Gasteiger charge is 2.30. The van der Waals surface area contributed by atoms with Crippen LogP contribution in [0.3, 0.4) is 0 Å². The Morgan fingerprint density at radius 2 is 1.86 bits per heavy atom. The summed E-state index contributed by atoms with van der Waals surface area (Å²) >= 11 is 5.62. The Balaban J connectivity index is 1.93. The quantitative estimate of drug-likeness (QED) is 0.867. The number of hydrogen-bond acceptors (Lipinski definition) is 3. The first-order chi connectivity index (χ1) is 10.3. The molecular weight excluding hydrogens is 321 g/mol. The van der Waals surface area contributed by atoms with Crippen molar-refractivity contribution in [3.63, 3.8) is 0 Å². The van der Waals surface area contributed by atoms with E-state index in [1.54, 1.807) is 6.07 Å². The van der Waals surface area contributed by atoms with Crippen LogP contribution in [0.1, 0.15) is 5.56 Å². The Labute approximate surface area is 128 Å². The third-order valence-electron chi connectivity index (χ3n) is 2.53. The SMILES string of the molecule is O=C(Cc1ccc(OC(F)(F)F)cc1)Nc1ccc(Cl)nc1. The molecule has 0 atom stereocenters. The van der Waals surface area contributed by atoms with Crippen LogP contribution in [0.5, 0.6) is 5.75 Å². The van der Waals surface area contributed by atoms with Crippen molar-refractivity contribution in [3.05, 3.63) is 53.3 Å². The van der Waals surface area contributed by atoms with Gasteiger partial charge < -0.3 is 10.1 Å². The van der Waals surface area contributed by atoms with Gasteiger partial charge in [0.1, 0.15) is 10.9 Å². The van der Waals surface area contributed by atoms with Crippen LogP contribution >= 0.6 is 11.6 Å². The van der Waals surface area contributed by atoms with Gasteiger partial charge in [-0.15, -0.1) is 13.2 Å². The van der Waals surface area contributed by atoms with Gasteiger partial charge in [0.15, 0.2) is 0 Å². The molecule has 0 aliphatic rings. The minimum absolute atomic E-state index is 0.00885. The lowest BCUT2D eigenvalue weighted by atomic mass is 10.1. The van der Waals surface area contributed by atoms with Gasteiger partial charge in [-0.05, 0) is 29.8 Å². The Kier molecular flexibility index (Phi) is 4.87. The van der Waals surface area contributed by atoms with Crippen molar-refractivity contribution in [1.29, 1.82) is 0 Å². The fourth-order valence-corrected chi connectivity index (χ4v) is 1.76. The van der Waals surface area contributed by atoms with Gasteiger partial charge in [0.2, 0.25) is 5.91 Å². The summed E-state index contributed by atoms with van der Waals surface area (Å²) in [5.74, 6) is -0.660. The summed E-state index contributed by atoms with van der Waals surface area (Å²) in [6.07, 6.45) is -3.32. The number of hydrogen-bond donors (Lipinski definition) is 1. The van der Waals surface area contributed by atoms with Gasteiger partial charge in [-0.2, -0.15) is 0 Å². The number of ether oxygens (including phenoxy) is 1. The van der Waals surface area contributed by atoms with Crippen molar-refractivity contribution in [2.75, 3.05) is 5.32 Å². The summed E-state index contributed by atoms with van der Waals surface area (Å²) in [6, 6.07) is 8.20. The number of carbonyl (C=O) groups is 1. The van der Waals surface area contributed by atoms with E-state index in [9.17, 15) is 18.0 Å². The topological polar surface area (TPSA) is 51.2 Å². The summed E-state index contributed by atoms with van der Waals surface area (Å²) in [7, 11) is 0. The molecule has 0 saturated carbocycles. The third-order valence-corrected chi connectivity index (χ3v) is 2.76. The zero-order chi connectivity index (χ0) is 16.2. The molecule has 8 heteroatoms. The number of anilines is 1. The number of pyridine rings is 1. The molecule has 0 unspecified atom stereocenters. The molecule has 0 radical (unpaired) electrons. The lowest BCUT2D eigenvalue weighted by Crippen LogP contribution is -2.17. The van der Waals surface area contributed by atoms with Gasteiger partial charge in [0, 0.05) is 0 Å².